The molecule has 0 aromatic heterocycles. The second kappa shape index (κ2) is 4.99. The van der Waals surface area contributed by atoms with Crippen molar-refractivity contribution in [1.29, 1.82) is 0 Å². The van der Waals surface area contributed by atoms with E-state index >= 15 is 0 Å². The van der Waals surface area contributed by atoms with Crippen molar-refractivity contribution in [2.45, 2.75) is 31.0 Å². The van der Waals surface area contributed by atoms with Crippen LogP contribution in [0.4, 0.5) is 0 Å². The molecule has 2 fully saturated rings. The van der Waals surface area contributed by atoms with Crippen LogP contribution < -0.4 is 5.46 Å². The SMILES string of the molecule is O[C@@H]1C[C@@H](O)[C@@H]2OB(c3ccccc3)OC[C@H]2O1. The molecule has 0 radical (unpaired) electrons. The van der Waals surface area contributed by atoms with Crippen LogP contribution in [0.3, 0.4) is 0 Å². The minimum absolute atomic E-state index is 0.169. The number of fused-ring (bicyclic) bond motifs is 1. The number of aliphatic hydroxyl groups is 2. The Balaban J connectivity index is 1.73. The Labute approximate surface area is 105 Å². The summed E-state index contributed by atoms with van der Waals surface area (Å²) in [6.45, 7) is 0.304. The standard InChI is InChI=1S/C12H15BO5/c14-9-6-11(15)17-10-7-16-13(18-12(9)10)8-4-2-1-3-5-8/h1-5,9-12,14-15H,6-7H2/t9-,10-,11+,12+/m1/s1. The molecule has 2 aliphatic rings. The number of hydrogen-bond acceptors (Lipinski definition) is 5. The predicted molar refractivity (Wildman–Crippen MR) is 64.2 cm³/mol. The lowest BCUT2D eigenvalue weighted by molar-refractivity contribution is -0.246. The summed E-state index contributed by atoms with van der Waals surface area (Å²) in [5.41, 5.74) is 0.911. The first kappa shape index (κ1) is 12.1. The van der Waals surface area contributed by atoms with Crippen LogP contribution in [0.5, 0.6) is 0 Å². The quantitative estimate of drug-likeness (QED) is 0.643. The molecular formula is C12H15BO5. The first-order valence-electron chi connectivity index (χ1n) is 6.07. The summed E-state index contributed by atoms with van der Waals surface area (Å²) in [4.78, 5) is 0. The molecule has 6 heteroatoms. The van der Waals surface area contributed by atoms with Gasteiger partial charge in [-0.25, -0.2) is 0 Å². The number of hydrogen-bond donors (Lipinski definition) is 2. The van der Waals surface area contributed by atoms with Crippen molar-refractivity contribution in [1.82, 2.24) is 0 Å². The molecule has 1 aromatic carbocycles. The summed E-state index contributed by atoms with van der Waals surface area (Å²) in [7, 11) is -0.485. The van der Waals surface area contributed by atoms with Gasteiger partial charge in [0.05, 0.1) is 18.8 Å². The molecule has 0 spiro atoms. The summed E-state index contributed by atoms with van der Waals surface area (Å²) >= 11 is 0. The van der Waals surface area contributed by atoms with E-state index in [9.17, 15) is 10.2 Å². The van der Waals surface area contributed by atoms with Gasteiger partial charge >= 0.3 is 7.12 Å². The van der Waals surface area contributed by atoms with Gasteiger partial charge in [0.1, 0.15) is 6.10 Å². The van der Waals surface area contributed by atoms with Crippen LogP contribution in [0.1, 0.15) is 6.42 Å². The third-order valence-electron chi connectivity index (χ3n) is 3.29. The van der Waals surface area contributed by atoms with E-state index in [1.165, 1.54) is 0 Å². The molecular weight excluding hydrogens is 235 g/mol. The largest absolute Gasteiger partial charge is 0.494 e. The van der Waals surface area contributed by atoms with Gasteiger partial charge in [-0.2, -0.15) is 0 Å². The van der Waals surface area contributed by atoms with Crippen LogP contribution in [-0.4, -0.2) is 48.5 Å². The van der Waals surface area contributed by atoms with Crippen LogP contribution in [0.2, 0.25) is 0 Å². The third-order valence-corrected chi connectivity index (χ3v) is 3.29. The highest BCUT2D eigenvalue weighted by atomic mass is 16.7. The maximum Gasteiger partial charge on any atom is 0.494 e. The van der Waals surface area contributed by atoms with Crippen LogP contribution in [0.15, 0.2) is 30.3 Å². The summed E-state index contributed by atoms with van der Waals surface area (Å²) in [6.07, 6.45) is -2.37. The molecule has 2 N–H and O–H groups in total. The molecule has 4 atom stereocenters. The Hall–Kier alpha value is -0.915. The average molecular weight is 250 g/mol. The van der Waals surface area contributed by atoms with E-state index in [0.29, 0.717) is 6.61 Å². The number of ether oxygens (including phenoxy) is 1. The van der Waals surface area contributed by atoms with Crippen molar-refractivity contribution < 1.29 is 24.3 Å². The van der Waals surface area contributed by atoms with Crippen molar-refractivity contribution in [3.63, 3.8) is 0 Å². The fourth-order valence-electron chi connectivity index (χ4n) is 2.38. The molecule has 0 aliphatic carbocycles. The van der Waals surface area contributed by atoms with Gasteiger partial charge in [0.25, 0.3) is 0 Å². The highest BCUT2D eigenvalue weighted by Crippen LogP contribution is 2.25. The van der Waals surface area contributed by atoms with Gasteiger partial charge in [-0.3, -0.25) is 0 Å². The topological polar surface area (TPSA) is 68.2 Å². The number of benzene rings is 1. The second-order valence-corrected chi connectivity index (χ2v) is 4.61. The molecule has 2 heterocycles. The Morgan fingerprint density at radius 1 is 1.17 bits per heavy atom. The smallest absolute Gasteiger partial charge is 0.404 e. The van der Waals surface area contributed by atoms with E-state index in [0.717, 1.165) is 5.46 Å². The van der Waals surface area contributed by atoms with Crippen LogP contribution in [-0.2, 0) is 14.0 Å². The van der Waals surface area contributed by atoms with Crippen LogP contribution in [0, 0.1) is 0 Å². The van der Waals surface area contributed by atoms with Crippen molar-refractivity contribution in [2.75, 3.05) is 6.61 Å². The van der Waals surface area contributed by atoms with E-state index in [2.05, 4.69) is 0 Å². The lowest BCUT2D eigenvalue weighted by atomic mass is 9.76. The van der Waals surface area contributed by atoms with Crippen molar-refractivity contribution in [2.24, 2.45) is 0 Å². The van der Waals surface area contributed by atoms with Gasteiger partial charge in [0, 0.05) is 6.42 Å². The van der Waals surface area contributed by atoms with E-state index in [-0.39, 0.29) is 6.42 Å². The zero-order chi connectivity index (χ0) is 12.5. The van der Waals surface area contributed by atoms with Gasteiger partial charge in [0.15, 0.2) is 6.29 Å². The summed E-state index contributed by atoms with van der Waals surface area (Å²) in [6, 6.07) is 9.56. The Morgan fingerprint density at radius 2 is 1.94 bits per heavy atom. The minimum Gasteiger partial charge on any atom is -0.404 e. The van der Waals surface area contributed by atoms with Gasteiger partial charge in [-0.1, -0.05) is 30.3 Å². The molecule has 5 nitrogen and oxygen atoms in total. The predicted octanol–water partition coefficient (Wildman–Crippen LogP) is -0.735. The van der Waals surface area contributed by atoms with E-state index < -0.39 is 31.7 Å². The molecule has 0 saturated carbocycles. The van der Waals surface area contributed by atoms with Crippen LogP contribution in [0.25, 0.3) is 0 Å². The lowest BCUT2D eigenvalue weighted by Crippen LogP contribution is -2.60. The zero-order valence-corrected chi connectivity index (χ0v) is 9.81. The fourth-order valence-corrected chi connectivity index (χ4v) is 2.38. The van der Waals surface area contributed by atoms with Crippen molar-refractivity contribution in [3.8, 4) is 0 Å². The molecule has 0 amide bonds. The van der Waals surface area contributed by atoms with Gasteiger partial charge in [-0.05, 0) is 5.46 Å². The van der Waals surface area contributed by atoms with Gasteiger partial charge < -0.3 is 24.3 Å². The minimum atomic E-state index is -0.943. The van der Waals surface area contributed by atoms with Gasteiger partial charge in [-0.15, -0.1) is 0 Å². The molecule has 2 saturated heterocycles. The van der Waals surface area contributed by atoms with E-state index in [1.807, 2.05) is 30.3 Å². The zero-order valence-electron chi connectivity index (χ0n) is 9.81. The molecule has 0 unspecified atom stereocenters. The Morgan fingerprint density at radius 3 is 2.72 bits per heavy atom. The highest BCUT2D eigenvalue weighted by molar-refractivity contribution is 6.61. The molecule has 96 valence electrons. The van der Waals surface area contributed by atoms with Gasteiger partial charge in [0.2, 0.25) is 0 Å². The lowest BCUT2D eigenvalue weighted by Gasteiger charge is -2.42. The number of rotatable bonds is 1. The molecule has 2 aliphatic heterocycles. The van der Waals surface area contributed by atoms with E-state index in [4.69, 9.17) is 14.0 Å². The van der Waals surface area contributed by atoms with Crippen molar-refractivity contribution in [3.05, 3.63) is 30.3 Å². The molecule has 1 aromatic rings. The fraction of sp³-hybridized carbons (Fsp3) is 0.500. The normalized spacial score (nSPS) is 36.2. The average Bonchev–Trinajstić information content (AvgIpc) is 2.39. The number of aliphatic hydroxyl groups excluding tert-OH is 2. The van der Waals surface area contributed by atoms with E-state index in [1.54, 1.807) is 0 Å². The monoisotopic (exact) mass is 250 g/mol. The van der Waals surface area contributed by atoms with Crippen LogP contribution >= 0.6 is 0 Å². The summed E-state index contributed by atoms with van der Waals surface area (Å²) in [5.74, 6) is 0. The third kappa shape index (κ3) is 2.30. The highest BCUT2D eigenvalue weighted by Gasteiger charge is 2.44. The maximum atomic E-state index is 9.92. The maximum absolute atomic E-state index is 9.92. The molecule has 0 bridgehead atoms. The van der Waals surface area contributed by atoms with Crippen molar-refractivity contribution >= 4 is 12.6 Å². The second-order valence-electron chi connectivity index (χ2n) is 4.61. The Kier molecular flexibility index (Phi) is 3.36. The first-order valence-corrected chi connectivity index (χ1v) is 6.07. The summed E-state index contributed by atoms with van der Waals surface area (Å²) in [5, 5.41) is 19.3. The summed E-state index contributed by atoms with van der Waals surface area (Å²) < 4.78 is 16.6. The molecule has 3 rings (SSSR count). The molecule has 18 heavy (non-hydrogen) atoms. The first-order chi connectivity index (χ1) is 8.74. The Bertz CT molecular complexity index is 401.